The van der Waals surface area contributed by atoms with Gasteiger partial charge in [-0.15, -0.1) is 17.5 Å². The number of aromatic nitrogens is 3. The SMILES string of the molecule is CC(C)c1nc(C(=O)N2CCC(N)CC2)nn1-c1ccccc1F.Cl. The molecule has 1 aromatic heterocycles. The van der Waals surface area contributed by atoms with Crippen LogP contribution < -0.4 is 5.73 Å². The van der Waals surface area contributed by atoms with E-state index in [1.54, 1.807) is 23.1 Å². The van der Waals surface area contributed by atoms with E-state index in [-0.39, 0.29) is 36.1 Å². The van der Waals surface area contributed by atoms with Gasteiger partial charge in [0, 0.05) is 25.0 Å². The quantitative estimate of drug-likeness (QED) is 0.904. The molecule has 0 bridgehead atoms. The number of carbonyl (C=O) groups excluding carboxylic acids is 1. The Labute approximate surface area is 152 Å². The number of nitrogens with zero attached hydrogens (tertiary/aromatic N) is 4. The Morgan fingerprint density at radius 1 is 1.28 bits per heavy atom. The van der Waals surface area contributed by atoms with Crippen LogP contribution in [0.15, 0.2) is 24.3 Å². The number of piperidine rings is 1. The first kappa shape index (κ1) is 19.3. The summed E-state index contributed by atoms with van der Waals surface area (Å²) in [6, 6.07) is 6.49. The van der Waals surface area contributed by atoms with Crippen LogP contribution in [-0.4, -0.2) is 44.7 Å². The fourth-order valence-corrected chi connectivity index (χ4v) is 2.83. The molecule has 6 nitrogen and oxygen atoms in total. The van der Waals surface area contributed by atoms with E-state index in [1.807, 2.05) is 13.8 Å². The first-order valence-electron chi connectivity index (χ1n) is 8.24. The summed E-state index contributed by atoms with van der Waals surface area (Å²) < 4.78 is 15.6. The molecule has 1 saturated heterocycles. The first-order valence-corrected chi connectivity index (χ1v) is 8.24. The number of hydrogen-bond acceptors (Lipinski definition) is 4. The number of para-hydroxylation sites is 1. The van der Waals surface area contributed by atoms with Gasteiger partial charge in [0.1, 0.15) is 17.3 Å². The number of amides is 1. The lowest BCUT2D eigenvalue weighted by Gasteiger charge is -2.29. The highest BCUT2D eigenvalue weighted by Crippen LogP contribution is 2.20. The zero-order valence-electron chi connectivity index (χ0n) is 14.4. The van der Waals surface area contributed by atoms with Gasteiger partial charge < -0.3 is 10.6 Å². The van der Waals surface area contributed by atoms with Gasteiger partial charge in [0.15, 0.2) is 0 Å². The van der Waals surface area contributed by atoms with E-state index < -0.39 is 5.82 Å². The van der Waals surface area contributed by atoms with Gasteiger partial charge in [-0.1, -0.05) is 26.0 Å². The van der Waals surface area contributed by atoms with Gasteiger partial charge in [0.25, 0.3) is 5.91 Å². The van der Waals surface area contributed by atoms with Crippen molar-refractivity contribution >= 4 is 18.3 Å². The van der Waals surface area contributed by atoms with Crippen molar-refractivity contribution in [1.29, 1.82) is 0 Å². The van der Waals surface area contributed by atoms with Crippen LogP contribution in [0, 0.1) is 5.82 Å². The van der Waals surface area contributed by atoms with Crippen LogP contribution in [-0.2, 0) is 0 Å². The summed E-state index contributed by atoms with van der Waals surface area (Å²) in [4.78, 5) is 18.8. The highest BCUT2D eigenvalue weighted by molar-refractivity contribution is 5.90. The smallest absolute Gasteiger partial charge is 0.293 e. The lowest BCUT2D eigenvalue weighted by molar-refractivity contribution is 0.0702. The lowest BCUT2D eigenvalue weighted by Crippen LogP contribution is -2.43. The van der Waals surface area contributed by atoms with Crippen molar-refractivity contribution < 1.29 is 9.18 Å². The normalized spacial score (nSPS) is 15.3. The summed E-state index contributed by atoms with van der Waals surface area (Å²) in [5, 5.41) is 4.30. The molecule has 0 aliphatic carbocycles. The van der Waals surface area contributed by atoms with Gasteiger partial charge in [-0.25, -0.2) is 14.1 Å². The summed E-state index contributed by atoms with van der Waals surface area (Å²) in [7, 11) is 0. The molecule has 1 fully saturated rings. The number of likely N-dealkylation sites (tertiary alicyclic amines) is 1. The van der Waals surface area contributed by atoms with Gasteiger partial charge in [-0.2, -0.15) is 0 Å². The molecule has 0 saturated carbocycles. The Bertz CT molecular complexity index is 740. The number of carbonyl (C=O) groups is 1. The van der Waals surface area contributed by atoms with Gasteiger partial charge in [-0.05, 0) is 25.0 Å². The Balaban J connectivity index is 0.00000225. The number of rotatable bonds is 3. The monoisotopic (exact) mass is 367 g/mol. The molecule has 1 amide bonds. The highest BCUT2D eigenvalue weighted by Gasteiger charge is 2.27. The molecular weight excluding hydrogens is 345 g/mol. The molecule has 2 heterocycles. The van der Waals surface area contributed by atoms with E-state index in [4.69, 9.17) is 5.73 Å². The van der Waals surface area contributed by atoms with Crippen molar-refractivity contribution in [2.45, 2.75) is 38.6 Å². The summed E-state index contributed by atoms with van der Waals surface area (Å²) in [5.74, 6) is 0.0640. The molecule has 2 N–H and O–H groups in total. The van der Waals surface area contributed by atoms with Crippen LogP contribution in [0.2, 0.25) is 0 Å². The molecule has 0 unspecified atom stereocenters. The van der Waals surface area contributed by atoms with Crippen molar-refractivity contribution in [2.24, 2.45) is 5.73 Å². The van der Waals surface area contributed by atoms with E-state index in [9.17, 15) is 9.18 Å². The maximum absolute atomic E-state index is 14.1. The Kier molecular flexibility index (Phi) is 6.13. The van der Waals surface area contributed by atoms with Crippen molar-refractivity contribution in [2.75, 3.05) is 13.1 Å². The Morgan fingerprint density at radius 3 is 2.52 bits per heavy atom. The van der Waals surface area contributed by atoms with Crippen LogP contribution in [0.4, 0.5) is 4.39 Å². The minimum Gasteiger partial charge on any atom is -0.336 e. The molecule has 1 aliphatic rings. The van der Waals surface area contributed by atoms with Crippen LogP contribution >= 0.6 is 12.4 Å². The third-order valence-electron chi connectivity index (χ3n) is 4.25. The van der Waals surface area contributed by atoms with Gasteiger partial charge >= 0.3 is 0 Å². The first-order chi connectivity index (χ1) is 11.5. The fraction of sp³-hybridized carbons (Fsp3) is 0.471. The van der Waals surface area contributed by atoms with Gasteiger partial charge in [0.05, 0.1) is 0 Å². The summed E-state index contributed by atoms with van der Waals surface area (Å²) in [6.07, 6.45) is 1.55. The minimum atomic E-state index is -0.396. The third kappa shape index (κ3) is 3.99. The lowest BCUT2D eigenvalue weighted by atomic mass is 10.1. The summed E-state index contributed by atoms with van der Waals surface area (Å²) in [6.45, 7) is 5.08. The number of nitrogens with two attached hydrogens (primary N) is 1. The topological polar surface area (TPSA) is 77.0 Å². The van der Waals surface area contributed by atoms with Crippen LogP contribution in [0.1, 0.15) is 49.1 Å². The molecule has 0 atom stereocenters. The van der Waals surface area contributed by atoms with Crippen molar-refractivity contribution in [3.63, 3.8) is 0 Å². The molecule has 0 spiro atoms. The number of hydrogen-bond donors (Lipinski definition) is 1. The van der Waals surface area contributed by atoms with Gasteiger partial charge in [0.2, 0.25) is 5.82 Å². The predicted octanol–water partition coefficient (Wildman–Crippen LogP) is 2.51. The van der Waals surface area contributed by atoms with Crippen LogP contribution in [0.3, 0.4) is 0 Å². The second kappa shape index (κ2) is 7.93. The standard InChI is InChI=1S/C17H22FN5O.ClH/c1-11(2)16-20-15(17(24)22-9-7-12(19)8-10-22)21-23(16)14-6-4-3-5-13(14)18;/h3-6,11-12H,7-10,19H2,1-2H3;1H. The molecule has 1 aliphatic heterocycles. The molecule has 3 rings (SSSR count). The van der Waals surface area contributed by atoms with E-state index in [0.29, 0.717) is 24.6 Å². The Morgan fingerprint density at radius 2 is 1.92 bits per heavy atom. The molecule has 25 heavy (non-hydrogen) atoms. The molecule has 0 radical (unpaired) electrons. The molecule has 136 valence electrons. The summed E-state index contributed by atoms with van der Waals surface area (Å²) in [5.41, 5.74) is 6.18. The Hall–Kier alpha value is -1.99. The van der Waals surface area contributed by atoms with E-state index in [1.165, 1.54) is 10.7 Å². The van der Waals surface area contributed by atoms with E-state index in [0.717, 1.165) is 12.8 Å². The van der Waals surface area contributed by atoms with Gasteiger partial charge in [-0.3, -0.25) is 4.79 Å². The van der Waals surface area contributed by atoms with Crippen LogP contribution in [0.5, 0.6) is 0 Å². The molecular formula is C17H23ClFN5O. The molecule has 8 heteroatoms. The zero-order valence-corrected chi connectivity index (χ0v) is 15.2. The fourth-order valence-electron chi connectivity index (χ4n) is 2.83. The predicted molar refractivity (Wildman–Crippen MR) is 95.8 cm³/mol. The largest absolute Gasteiger partial charge is 0.336 e. The van der Waals surface area contributed by atoms with Crippen LogP contribution in [0.25, 0.3) is 5.69 Å². The van der Waals surface area contributed by atoms with E-state index in [2.05, 4.69) is 10.1 Å². The maximum atomic E-state index is 14.1. The highest BCUT2D eigenvalue weighted by atomic mass is 35.5. The van der Waals surface area contributed by atoms with Crippen molar-refractivity contribution in [3.8, 4) is 5.69 Å². The average Bonchev–Trinajstić information content (AvgIpc) is 3.00. The minimum absolute atomic E-state index is 0. The van der Waals surface area contributed by atoms with Crippen molar-refractivity contribution in [3.05, 3.63) is 41.7 Å². The molecule has 1 aromatic carbocycles. The third-order valence-corrected chi connectivity index (χ3v) is 4.25. The average molecular weight is 368 g/mol. The second-order valence-electron chi connectivity index (χ2n) is 6.44. The maximum Gasteiger partial charge on any atom is 0.293 e. The number of benzene rings is 1. The van der Waals surface area contributed by atoms with E-state index >= 15 is 0 Å². The zero-order chi connectivity index (χ0) is 17.3. The van der Waals surface area contributed by atoms with Crippen molar-refractivity contribution in [1.82, 2.24) is 19.7 Å². The summed E-state index contributed by atoms with van der Waals surface area (Å²) >= 11 is 0. The second-order valence-corrected chi connectivity index (χ2v) is 6.44. The number of halogens is 2. The molecule has 2 aromatic rings.